The zero-order valence-corrected chi connectivity index (χ0v) is 10.3. The lowest BCUT2D eigenvalue weighted by atomic mass is 9.97. The fourth-order valence-corrected chi connectivity index (χ4v) is 2.49. The Bertz CT molecular complexity index is 379. The fourth-order valence-electron chi connectivity index (χ4n) is 1.81. The summed E-state index contributed by atoms with van der Waals surface area (Å²) in [6.45, 7) is 5.78. The first-order valence-corrected chi connectivity index (χ1v) is 6.36. The molecular formula is C10H16N4OS. The maximum Gasteiger partial charge on any atom is 0.230 e. The van der Waals surface area contributed by atoms with E-state index in [-0.39, 0.29) is 11.8 Å². The molecular weight excluding hydrogens is 224 g/mol. The Labute approximate surface area is 98.7 Å². The standard InChI is InChI=1S/C10H16N4OS/c1-3-8-13-14-10(16-8)12-9(15)7-5-11-4-6(7)2/h6-7,11H,3-5H2,1-2H3,(H,12,14,15). The second kappa shape index (κ2) is 4.88. The number of nitrogens with one attached hydrogen (secondary N) is 2. The summed E-state index contributed by atoms with van der Waals surface area (Å²) in [5.41, 5.74) is 0. The highest BCUT2D eigenvalue weighted by molar-refractivity contribution is 7.15. The van der Waals surface area contributed by atoms with Crippen molar-refractivity contribution in [2.75, 3.05) is 18.4 Å². The van der Waals surface area contributed by atoms with Crippen LogP contribution in [0.1, 0.15) is 18.9 Å². The third-order valence-electron chi connectivity index (χ3n) is 2.85. The summed E-state index contributed by atoms with van der Waals surface area (Å²) in [7, 11) is 0. The average Bonchev–Trinajstić information content (AvgIpc) is 2.86. The summed E-state index contributed by atoms with van der Waals surface area (Å²) in [4.78, 5) is 11.9. The van der Waals surface area contributed by atoms with Crippen LogP contribution in [0.15, 0.2) is 0 Å². The number of carbonyl (C=O) groups excluding carboxylic acids is 1. The Morgan fingerprint density at radius 2 is 2.38 bits per heavy atom. The van der Waals surface area contributed by atoms with E-state index in [1.165, 1.54) is 11.3 Å². The van der Waals surface area contributed by atoms with E-state index in [9.17, 15) is 4.79 Å². The van der Waals surface area contributed by atoms with Crippen LogP contribution in [-0.4, -0.2) is 29.2 Å². The van der Waals surface area contributed by atoms with Crippen LogP contribution >= 0.6 is 11.3 Å². The number of anilines is 1. The second-order valence-corrected chi connectivity index (χ2v) is 5.15. The molecule has 1 saturated heterocycles. The first-order valence-electron chi connectivity index (χ1n) is 5.54. The Morgan fingerprint density at radius 1 is 1.56 bits per heavy atom. The Kier molecular flexibility index (Phi) is 3.50. The summed E-state index contributed by atoms with van der Waals surface area (Å²) in [6, 6.07) is 0. The molecule has 1 aliphatic heterocycles. The second-order valence-electron chi connectivity index (χ2n) is 4.09. The number of hydrogen-bond acceptors (Lipinski definition) is 5. The van der Waals surface area contributed by atoms with E-state index in [1.54, 1.807) is 0 Å². The molecule has 0 saturated carbocycles. The van der Waals surface area contributed by atoms with Gasteiger partial charge in [0.1, 0.15) is 5.01 Å². The largest absolute Gasteiger partial charge is 0.316 e. The van der Waals surface area contributed by atoms with Gasteiger partial charge in [0.2, 0.25) is 11.0 Å². The van der Waals surface area contributed by atoms with Crippen molar-refractivity contribution in [1.82, 2.24) is 15.5 Å². The normalized spacial score (nSPS) is 24.6. The van der Waals surface area contributed by atoms with E-state index in [0.29, 0.717) is 11.0 Å². The van der Waals surface area contributed by atoms with Gasteiger partial charge in [-0.05, 0) is 18.9 Å². The summed E-state index contributed by atoms with van der Waals surface area (Å²) >= 11 is 1.45. The van der Waals surface area contributed by atoms with Gasteiger partial charge >= 0.3 is 0 Å². The number of aromatic nitrogens is 2. The molecule has 1 fully saturated rings. The van der Waals surface area contributed by atoms with Crippen LogP contribution in [0.3, 0.4) is 0 Å². The Hall–Kier alpha value is -1.01. The molecule has 1 aromatic heterocycles. The molecule has 1 aliphatic rings. The summed E-state index contributed by atoms with van der Waals surface area (Å²) in [6.07, 6.45) is 0.856. The highest BCUT2D eigenvalue weighted by Crippen LogP contribution is 2.20. The van der Waals surface area contributed by atoms with Crippen LogP contribution in [0, 0.1) is 11.8 Å². The Balaban J connectivity index is 1.96. The predicted molar refractivity (Wildman–Crippen MR) is 63.4 cm³/mol. The topological polar surface area (TPSA) is 66.9 Å². The van der Waals surface area contributed by atoms with Crippen LogP contribution in [0.4, 0.5) is 5.13 Å². The third-order valence-corrected chi connectivity index (χ3v) is 3.84. The van der Waals surface area contributed by atoms with Crippen molar-refractivity contribution in [2.45, 2.75) is 20.3 Å². The monoisotopic (exact) mass is 240 g/mol. The SMILES string of the molecule is CCc1nnc(NC(=O)C2CNCC2C)s1. The van der Waals surface area contributed by atoms with Gasteiger partial charge in [-0.3, -0.25) is 4.79 Å². The zero-order valence-electron chi connectivity index (χ0n) is 9.49. The van der Waals surface area contributed by atoms with Crippen molar-refractivity contribution in [3.63, 3.8) is 0 Å². The van der Waals surface area contributed by atoms with E-state index in [2.05, 4.69) is 27.8 Å². The number of rotatable bonds is 3. The van der Waals surface area contributed by atoms with Crippen molar-refractivity contribution in [3.8, 4) is 0 Å². The highest BCUT2D eigenvalue weighted by Gasteiger charge is 2.29. The number of amides is 1. The van der Waals surface area contributed by atoms with Crippen LogP contribution in [0.5, 0.6) is 0 Å². The molecule has 0 spiro atoms. The molecule has 2 N–H and O–H groups in total. The van der Waals surface area contributed by atoms with Gasteiger partial charge in [0.15, 0.2) is 0 Å². The lowest BCUT2D eigenvalue weighted by Crippen LogP contribution is -2.27. The molecule has 2 heterocycles. The lowest BCUT2D eigenvalue weighted by Gasteiger charge is -2.11. The van der Waals surface area contributed by atoms with Gasteiger partial charge in [0.25, 0.3) is 0 Å². The van der Waals surface area contributed by atoms with Crippen molar-refractivity contribution >= 4 is 22.4 Å². The van der Waals surface area contributed by atoms with Crippen molar-refractivity contribution < 1.29 is 4.79 Å². The summed E-state index contributed by atoms with van der Waals surface area (Å²) in [5.74, 6) is 0.490. The van der Waals surface area contributed by atoms with Gasteiger partial charge in [-0.2, -0.15) is 0 Å². The van der Waals surface area contributed by atoms with Crippen LogP contribution in [0.2, 0.25) is 0 Å². The minimum atomic E-state index is 0.0500. The summed E-state index contributed by atoms with van der Waals surface area (Å²) in [5, 5.41) is 15.5. The van der Waals surface area contributed by atoms with Gasteiger partial charge in [-0.15, -0.1) is 10.2 Å². The summed E-state index contributed by atoms with van der Waals surface area (Å²) < 4.78 is 0. The Morgan fingerprint density at radius 3 is 2.94 bits per heavy atom. The maximum atomic E-state index is 11.9. The van der Waals surface area contributed by atoms with E-state index in [4.69, 9.17) is 0 Å². The van der Waals surface area contributed by atoms with Gasteiger partial charge in [-0.1, -0.05) is 25.2 Å². The van der Waals surface area contributed by atoms with E-state index in [1.807, 2.05) is 6.92 Å². The molecule has 1 aromatic rings. The number of hydrogen-bond donors (Lipinski definition) is 2. The molecule has 2 atom stereocenters. The number of carbonyl (C=O) groups is 1. The smallest absolute Gasteiger partial charge is 0.230 e. The molecule has 0 radical (unpaired) electrons. The number of nitrogens with zero attached hydrogens (tertiary/aromatic N) is 2. The molecule has 6 heteroatoms. The minimum Gasteiger partial charge on any atom is -0.316 e. The quantitative estimate of drug-likeness (QED) is 0.823. The molecule has 0 aromatic carbocycles. The molecule has 2 unspecified atom stereocenters. The number of aryl methyl sites for hydroxylation is 1. The molecule has 2 rings (SSSR count). The van der Waals surface area contributed by atoms with Gasteiger partial charge in [0.05, 0.1) is 5.92 Å². The molecule has 88 valence electrons. The molecule has 5 nitrogen and oxygen atoms in total. The van der Waals surface area contributed by atoms with Gasteiger partial charge < -0.3 is 10.6 Å². The van der Waals surface area contributed by atoms with E-state index in [0.717, 1.165) is 24.5 Å². The molecule has 1 amide bonds. The van der Waals surface area contributed by atoms with Crippen LogP contribution < -0.4 is 10.6 Å². The van der Waals surface area contributed by atoms with Crippen LogP contribution in [0.25, 0.3) is 0 Å². The van der Waals surface area contributed by atoms with Gasteiger partial charge in [0, 0.05) is 6.54 Å². The van der Waals surface area contributed by atoms with Gasteiger partial charge in [-0.25, -0.2) is 0 Å². The van der Waals surface area contributed by atoms with Crippen molar-refractivity contribution in [2.24, 2.45) is 11.8 Å². The highest BCUT2D eigenvalue weighted by atomic mass is 32.1. The first kappa shape index (κ1) is 11.5. The zero-order chi connectivity index (χ0) is 11.5. The molecule has 16 heavy (non-hydrogen) atoms. The fraction of sp³-hybridized carbons (Fsp3) is 0.700. The third kappa shape index (κ3) is 2.38. The van der Waals surface area contributed by atoms with Crippen molar-refractivity contribution in [1.29, 1.82) is 0 Å². The average molecular weight is 240 g/mol. The van der Waals surface area contributed by atoms with E-state index < -0.39 is 0 Å². The first-order chi connectivity index (χ1) is 7.70. The molecule has 0 bridgehead atoms. The van der Waals surface area contributed by atoms with Crippen molar-refractivity contribution in [3.05, 3.63) is 5.01 Å². The minimum absolute atomic E-state index is 0.0500. The lowest BCUT2D eigenvalue weighted by molar-refractivity contribution is -0.120. The van der Waals surface area contributed by atoms with Crippen LogP contribution in [-0.2, 0) is 11.2 Å². The molecule has 0 aliphatic carbocycles. The predicted octanol–water partition coefficient (Wildman–Crippen LogP) is 0.894. The maximum absolute atomic E-state index is 11.9. The van der Waals surface area contributed by atoms with E-state index >= 15 is 0 Å².